The van der Waals surface area contributed by atoms with Gasteiger partial charge in [-0.3, -0.25) is 9.59 Å². The highest BCUT2D eigenvalue weighted by Gasteiger charge is 2.39. The van der Waals surface area contributed by atoms with Crippen molar-refractivity contribution in [1.82, 2.24) is 19.7 Å². The number of amides is 2. The fourth-order valence-electron chi connectivity index (χ4n) is 4.58. The topological polar surface area (TPSA) is 117 Å². The van der Waals surface area contributed by atoms with Gasteiger partial charge in [-0.1, -0.05) is 12.1 Å². The van der Waals surface area contributed by atoms with E-state index in [1.54, 1.807) is 60.4 Å². The zero-order valence-electron chi connectivity index (χ0n) is 21.2. The number of hydrogen-bond donors (Lipinski definition) is 0. The SMILES string of the molecule is COC(=O)c1ccc(-n2cccn2)c([C@H](C)Oc2cc3cc(F)ccc3nc2N2C(=O)c3ccccc3C2=O)n1. The number of carbonyl (C=O) groups excluding carboxylic acids is 3. The fraction of sp³-hybridized carbons (Fsp3) is 0.103. The Morgan fingerprint density at radius 1 is 0.950 bits per heavy atom. The monoisotopic (exact) mass is 537 g/mol. The van der Waals surface area contributed by atoms with E-state index in [0.29, 0.717) is 22.3 Å². The normalized spacial score (nSPS) is 13.4. The predicted octanol–water partition coefficient (Wildman–Crippen LogP) is 4.68. The maximum atomic E-state index is 14.1. The number of rotatable bonds is 6. The molecule has 0 saturated heterocycles. The van der Waals surface area contributed by atoms with Crippen LogP contribution < -0.4 is 9.64 Å². The summed E-state index contributed by atoms with van der Waals surface area (Å²) in [4.78, 5) is 48.9. The maximum Gasteiger partial charge on any atom is 0.356 e. The zero-order chi connectivity index (χ0) is 28.0. The summed E-state index contributed by atoms with van der Waals surface area (Å²) in [5.74, 6) is -2.27. The first-order chi connectivity index (χ1) is 19.4. The highest BCUT2D eigenvalue weighted by atomic mass is 19.1. The third kappa shape index (κ3) is 4.13. The van der Waals surface area contributed by atoms with Gasteiger partial charge >= 0.3 is 5.97 Å². The van der Waals surface area contributed by atoms with Crippen LogP contribution in [-0.2, 0) is 4.74 Å². The minimum atomic E-state index is -0.856. The second-order valence-corrected chi connectivity index (χ2v) is 8.94. The lowest BCUT2D eigenvalue weighted by atomic mass is 10.1. The number of esters is 1. The van der Waals surface area contributed by atoms with Gasteiger partial charge in [0.15, 0.2) is 11.6 Å². The Hall–Kier alpha value is -5.45. The van der Waals surface area contributed by atoms with Crippen LogP contribution >= 0.6 is 0 Å². The number of ether oxygens (including phenoxy) is 2. The lowest BCUT2D eigenvalue weighted by Gasteiger charge is -2.22. The molecule has 3 aromatic heterocycles. The Morgan fingerprint density at radius 2 is 1.70 bits per heavy atom. The van der Waals surface area contributed by atoms with E-state index in [1.165, 1.54) is 37.4 Å². The summed E-state index contributed by atoms with van der Waals surface area (Å²) in [7, 11) is 1.25. The van der Waals surface area contributed by atoms with Gasteiger partial charge < -0.3 is 9.47 Å². The average molecular weight is 538 g/mol. The molecule has 2 amide bonds. The lowest BCUT2D eigenvalue weighted by Crippen LogP contribution is -2.31. The number of imide groups is 1. The van der Waals surface area contributed by atoms with Crippen LogP contribution in [0.15, 0.2) is 79.1 Å². The minimum absolute atomic E-state index is 0.0387. The third-order valence-corrected chi connectivity index (χ3v) is 6.47. The first kappa shape index (κ1) is 24.9. The Bertz CT molecular complexity index is 1790. The summed E-state index contributed by atoms with van der Waals surface area (Å²) in [5, 5.41) is 4.65. The van der Waals surface area contributed by atoms with E-state index in [-0.39, 0.29) is 28.4 Å². The first-order valence-corrected chi connectivity index (χ1v) is 12.2. The predicted molar refractivity (Wildman–Crippen MR) is 141 cm³/mol. The summed E-state index contributed by atoms with van der Waals surface area (Å²) in [6.45, 7) is 1.68. The van der Waals surface area contributed by atoms with Crippen LogP contribution in [0.3, 0.4) is 0 Å². The van der Waals surface area contributed by atoms with Crippen LogP contribution in [0.2, 0.25) is 0 Å². The zero-order valence-corrected chi connectivity index (χ0v) is 21.2. The van der Waals surface area contributed by atoms with Crippen molar-refractivity contribution in [3.63, 3.8) is 0 Å². The molecule has 0 unspecified atom stereocenters. The molecule has 0 fully saturated rings. The van der Waals surface area contributed by atoms with Crippen LogP contribution in [0.5, 0.6) is 5.75 Å². The molecule has 0 spiro atoms. The van der Waals surface area contributed by atoms with E-state index >= 15 is 0 Å². The standard InChI is InChI=1S/C29H20FN5O5/c1-16(25-23(34-13-5-12-31-34)11-10-22(32-25)29(38)39-2)40-24-15-17-14-18(30)8-9-21(17)33-26(24)35-27(36)19-6-3-4-7-20(19)28(35)37/h3-16H,1-2H3/t16-/m0/s1. The molecule has 10 nitrogen and oxygen atoms in total. The van der Waals surface area contributed by atoms with E-state index in [9.17, 15) is 18.8 Å². The van der Waals surface area contributed by atoms with Crippen molar-refractivity contribution in [3.8, 4) is 11.4 Å². The van der Waals surface area contributed by atoms with Crippen molar-refractivity contribution in [2.45, 2.75) is 13.0 Å². The molecule has 0 aliphatic carbocycles. The van der Waals surface area contributed by atoms with Crippen molar-refractivity contribution in [1.29, 1.82) is 0 Å². The Kier molecular flexibility index (Phi) is 6.03. The summed E-state index contributed by atoms with van der Waals surface area (Å²) in [6, 6.07) is 16.8. The largest absolute Gasteiger partial charge is 0.480 e. The first-order valence-electron chi connectivity index (χ1n) is 12.2. The summed E-state index contributed by atoms with van der Waals surface area (Å²) in [6.07, 6.45) is 2.44. The number of hydrogen-bond acceptors (Lipinski definition) is 8. The van der Waals surface area contributed by atoms with Crippen LogP contribution in [0.25, 0.3) is 16.6 Å². The highest BCUT2D eigenvalue weighted by molar-refractivity contribution is 6.34. The number of carbonyl (C=O) groups is 3. The van der Waals surface area contributed by atoms with Crippen LogP contribution in [-0.4, -0.2) is 44.6 Å². The number of aromatic nitrogens is 4. The maximum absolute atomic E-state index is 14.1. The van der Waals surface area contributed by atoms with Gasteiger partial charge in [-0.25, -0.2) is 28.7 Å². The van der Waals surface area contributed by atoms with Crippen LogP contribution in [0, 0.1) is 5.82 Å². The Labute approximate surface area is 226 Å². The van der Waals surface area contributed by atoms with Crippen molar-refractivity contribution < 1.29 is 28.2 Å². The summed E-state index contributed by atoms with van der Waals surface area (Å²) < 4.78 is 26.8. The number of pyridine rings is 2. The molecular formula is C29H20FN5O5. The van der Waals surface area contributed by atoms with Crippen LogP contribution in [0.1, 0.15) is 49.9 Å². The van der Waals surface area contributed by atoms with E-state index < -0.39 is 29.7 Å². The van der Waals surface area contributed by atoms with Gasteiger partial charge in [0.05, 0.1) is 29.4 Å². The number of methoxy groups -OCH3 is 1. The molecule has 5 aromatic rings. The van der Waals surface area contributed by atoms with Gasteiger partial charge in [-0.2, -0.15) is 5.10 Å². The van der Waals surface area contributed by atoms with Gasteiger partial charge in [0.1, 0.15) is 23.3 Å². The number of halogens is 1. The van der Waals surface area contributed by atoms with E-state index in [0.717, 1.165) is 4.90 Å². The van der Waals surface area contributed by atoms with E-state index in [2.05, 4.69) is 15.1 Å². The molecule has 0 saturated carbocycles. The number of fused-ring (bicyclic) bond motifs is 2. The lowest BCUT2D eigenvalue weighted by molar-refractivity contribution is 0.0592. The molecule has 1 atom stereocenters. The quantitative estimate of drug-likeness (QED) is 0.226. The van der Waals surface area contributed by atoms with Crippen molar-refractivity contribution in [2.75, 3.05) is 12.0 Å². The minimum Gasteiger partial charge on any atom is -0.480 e. The Balaban J connectivity index is 1.48. The smallest absolute Gasteiger partial charge is 0.356 e. The molecule has 198 valence electrons. The molecular weight excluding hydrogens is 517 g/mol. The number of anilines is 1. The molecule has 2 aromatic carbocycles. The van der Waals surface area contributed by atoms with Gasteiger partial charge in [0.2, 0.25) is 0 Å². The molecule has 1 aliphatic rings. The molecule has 0 N–H and O–H groups in total. The fourth-order valence-corrected chi connectivity index (χ4v) is 4.58. The second-order valence-electron chi connectivity index (χ2n) is 8.94. The Morgan fingerprint density at radius 3 is 2.38 bits per heavy atom. The van der Waals surface area contributed by atoms with Crippen molar-refractivity contribution in [2.24, 2.45) is 0 Å². The van der Waals surface area contributed by atoms with Gasteiger partial charge in [0.25, 0.3) is 11.8 Å². The number of nitrogens with zero attached hydrogens (tertiary/aromatic N) is 5. The van der Waals surface area contributed by atoms with Gasteiger partial charge in [-0.05, 0) is 61.5 Å². The average Bonchev–Trinajstić information content (AvgIpc) is 3.59. The third-order valence-electron chi connectivity index (χ3n) is 6.47. The summed E-state index contributed by atoms with van der Waals surface area (Å²) in [5.41, 5.74) is 1.72. The van der Waals surface area contributed by atoms with Crippen molar-refractivity contribution >= 4 is 34.5 Å². The second kappa shape index (κ2) is 9.70. The molecule has 6 rings (SSSR count). The number of benzene rings is 2. The van der Waals surface area contributed by atoms with Crippen LogP contribution in [0.4, 0.5) is 10.2 Å². The summed E-state index contributed by atoms with van der Waals surface area (Å²) >= 11 is 0. The molecule has 40 heavy (non-hydrogen) atoms. The van der Waals surface area contributed by atoms with E-state index in [1.807, 2.05) is 0 Å². The van der Waals surface area contributed by atoms with Crippen molar-refractivity contribution in [3.05, 3.63) is 107 Å². The molecule has 1 aliphatic heterocycles. The highest BCUT2D eigenvalue weighted by Crippen LogP contribution is 2.38. The molecule has 4 heterocycles. The molecule has 0 bridgehead atoms. The molecule has 0 radical (unpaired) electrons. The van der Waals surface area contributed by atoms with Gasteiger partial charge in [0, 0.05) is 17.8 Å². The van der Waals surface area contributed by atoms with Gasteiger partial charge in [-0.15, -0.1) is 0 Å². The van der Waals surface area contributed by atoms with E-state index in [4.69, 9.17) is 9.47 Å². The molecule has 11 heteroatoms.